The van der Waals surface area contributed by atoms with Gasteiger partial charge in [-0.05, 0) is 34.0 Å². The highest BCUT2D eigenvalue weighted by Crippen LogP contribution is 2.48. The van der Waals surface area contributed by atoms with E-state index in [1.165, 1.54) is 4.72 Å². The van der Waals surface area contributed by atoms with E-state index in [0.717, 1.165) is 0 Å². The molecule has 0 rings (SSSR count). The maximum Gasteiger partial charge on any atom is 0.421 e. The van der Waals surface area contributed by atoms with Gasteiger partial charge in [0.05, 0.1) is 0 Å². The lowest BCUT2D eigenvalue weighted by Gasteiger charge is -2.31. The summed E-state index contributed by atoms with van der Waals surface area (Å²) in [6, 6.07) is 0. The summed E-state index contributed by atoms with van der Waals surface area (Å²) in [6.45, 7) is -0.536. The van der Waals surface area contributed by atoms with Gasteiger partial charge in [0, 0.05) is 6.54 Å². The predicted octanol–water partition coefficient (Wildman–Crippen LogP) is 2.28. The van der Waals surface area contributed by atoms with Gasteiger partial charge in [0.15, 0.2) is 0 Å². The molecule has 0 aliphatic carbocycles. The lowest BCUT2D eigenvalue weighted by atomic mass is 10.0. The first-order chi connectivity index (χ1) is 9.57. The molecule has 0 aromatic rings. The molecule has 0 aliphatic rings. The Hall–Kier alpha value is -0.620. The summed E-state index contributed by atoms with van der Waals surface area (Å²) in [4.78, 5) is 1.58. The molecule has 12 heteroatoms. The third kappa shape index (κ3) is 4.69. The Bertz CT molecular complexity index is 462. The summed E-state index contributed by atoms with van der Waals surface area (Å²) in [7, 11) is -2.77. The first-order valence-electron chi connectivity index (χ1n) is 6.03. The van der Waals surface area contributed by atoms with Gasteiger partial charge in [-0.1, -0.05) is 0 Å². The summed E-state index contributed by atoms with van der Waals surface area (Å²) >= 11 is 0. The Morgan fingerprint density at radius 2 is 1.50 bits per heavy atom. The van der Waals surface area contributed by atoms with E-state index < -0.39 is 39.8 Å². The fourth-order valence-electron chi connectivity index (χ4n) is 1.33. The molecule has 0 aliphatic heterocycles. The van der Waals surface area contributed by atoms with Crippen LogP contribution in [0.1, 0.15) is 13.3 Å². The van der Waals surface area contributed by atoms with Crippen molar-refractivity contribution in [1.29, 1.82) is 0 Å². The lowest BCUT2D eigenvalue weighted by Crippen LogP contribution is -2.57. The summed E-state index contributed by atoms with van der Waals surface area (Å²) in [6.07, 6.45) is -5.66. The van der Waals surface area contributed by atoms with Crippen LogP contribution in [0, 0.1) is 5.92 Å². The number of rotatable bonds is 8. The van der Waals surface area contributed by atoms with E-state index in [4.69, 9.17) is 0 Å². The maximum atomic E-state index is 13.4. The number of nitrogens with one attached hydrogen (secondary N) is 1. The predicted molar refractivity (Wildman–Crippen MR) is 65.2 cm³/mol. The molecule has 22 heavy (non-hydrogen) atoms. The van der Waals surface area contributed by atoms with Crippen LogP contribution >= 0.6 is 0 Å². The molecule has 0 saturated carbocycles. The van der Waals surface area contributed by atoms with Crippen LogP contribution < -0.4 is 4.72 Å². The quantitative estimate of drug-likeness (QED) is 0.532. The largest absolute Gasteiger partial charge is 0.421 e. The summed E-state index contributed by atoms with van der Waals surface area (Å²) in [5, 5.41) is -5.90. The molecule has 0 bridgehead atoms. The molecule has 0 spiro atoms. The standard InChI is InChI=1S/C10H17F7N2O2S/c1-7(9(13,14)15)8(11,12)10(16,17)22(20,21)18-5-4-6-19(2)3/h7,18H,4-6H2,1-3H3. The van der Waals surface area contributed by atoms with Crippen molar-refractivity contribution >= 4 is 10.0 Å². The molecule has 0 aromatic carbocycles. The van der Waals surface area contributed by atoms with Crippen LogP contribution in [0.4, 0.5) is 30.7 Å². The first kappa shape index (κ1) is 21.4. The van der Waals surface area contributed by atoms with Gasteiger partial charge < -0.3 is 4.90 Å². The van der Waals surface area contributed by atoms with Crippen molar-refractivity contribution in [2.45, 2.75) is 30.7 Å². The third-order valence-corrected chi connectivity index (χ3v) is 4.37. The van der Waals surface area contributed by atoms with E-state index in [1.807, 2.05) is 0 Å². The van der Waals surface area contributed by atoms with Crippen molar-refractivity contribution in [3.8, 4) is 0 Å². The molecule has 0 amide bonds. The molecule has 0 saturated heterocycles. The van der Waals surface area contributed by atoms with E-state index in [2.05, 4.69) is 0 Å². The minimum absolute atomic E-state index is 0.0166. The zero-order chi connectivity index (χ0) is 18.0. The summed E-state index contributed by atoms with van der Waals surface area (Å²) in [5.41, 5.74) is 0. The van der Waals surface area contributed by atoms with Crippen molar-refractivity contribution < 1.29 is 39.2 Å². The SMILES string of the molecule is CC(C(F)(F)F)C(F)(F)C(F)(F)S(=O)(=O)NCCCN(C)C. The fraction of sp³-hybridized carbons (Fsp3) is 1.00. The molecular weight excluding hydrogens is 345 g/mol. The van der Waals surface area contributed by atoms with Gasteiger partial charge >= 0.3 is 17.4 Å². The zero-order valence-electron chi connectivity index (χ0n) is 12.0. The van der Waals surface area contributed by atoms with Gasteiger partial charge in [-0.15, -0.1) is 0 Å². The fourth-order valence-corrected chi connectivity index (χ4v) is 2.46. The second kappa shape index (κ2) is 6.87. The molecule has 1 atom stereocenters. The maximum absolute atomic E-state index is 13.4. The Balaban J connectivity index is 5.18. The van der Waals surface area contributed by atoms with E-state index in [1.54, 1.807) is 19.0 Å². The molecule has 1 unspecified atom stereocenters. The van der Waals surface area contributed by atoms with Crippen LogP contribution in [0.2, 0.25) is 0 Å². The molecular formula is C10H17F7N2O2S. The Labute approximate surface area is 123 Å². The number of alkyl halides is 7. The molecule has 0 radical (unpaired) electrons. The van der Waals surface area contributed by atoms with Crippen molar-refractivity contribution in [3.05, 3.63) is 0 Å². The van der Waals surface area contributed by atoms with Crippen molar-refractivity contribution in [2.75, 3.05) is 27.2 Å². The minimum Gasteiger partial charge on any atom is -0.309 e. The van der Waals surface area contributed by atoms with Crippen LogP contribution in [0.15, 0.2) is 0 Å². The molecule has 0 heterocycles. The van der Waals surface area contributed by atoms with Gasteiger partial charge in [0.1, 0.15) is 5.92 Å². The van der Waals surface area contributed by atoms with Gasteiger partial charge in [-0.3, -0.25) is 0 Å². The summed E-state index contributed by atoms with van der Waals surface area (Å²) < 4.78 is 114. The van der Waals surface area contributed by atoms with Crippen LogP contribution in [-0.4, -0.2) is 57.9 Å². The van der Waals surface area contributed by atoms with Crippen LogP contribution in [-0.2, 0) is 10.0 Å². The number of hydrogen-bond donors (Lipinski definition) is 1. The van der Waals surface area contributed by atoms with E-state index in [0.29, 0.717) is 0 Å². The average Bonchev–Trinajstić information content (AvgIpc) is 2.31. The first-order valence-corrected chi connectivity index (χ1v) is 7.52. The molecule has 134 valence electrons. The van der Waals surface area contributed by atoms with Crippen molar-refractivity contribution in [1.82, 2.24) is 9.62 Å². The van der Waals surface area contributed by atoms with Crippen LogP contribution in [0.3, 0.4) is 0 Å². The number of sulfonamides is 1. The van der Waals surface area contributed by atoms with Crippen LogP contribution in [0.5, 0.6) is 0 Å². The highest BCUT2D eigenvalue weighted by molar-refractivity contribution is 7.90. The number of halogens is 7. The molecule has 0 fully saturated rings. The van der Waals surface area contributed by atoms with Crippen molar-refractivity contribution in [3.63, 3.8) is 0 Å². The normalized spacial score (nSPS) is 16.1. The number of nitrogens with zero attached hydrogens (tertiary/aromatic N) is 1. The van der Waals surface area contributed by atoms with E-state index >= 15 is 0 Å². The monoisotopic (exact) mass is 362 g/mol. The van der Waals surface area contributed by atoms with Crippen molar-refractivity contribution in [2.24, 2.45) is 5.92 Å². The Kier molecular flexibility index (Phi) is 6.68. The van der Waals surface area contributed by atoms with Gasteiger partial charge in [0.25, 0.3) is 10.0 Å². The zero-order valence-corrected chi connectivity index (χ0v) is 12.8. The molecule has 1 N–H and O–H groups in total. The highest BCUT2D eigenvalue weighted by Gasteiger charge is 2.72. The Morgan fingerprint density at radius 1 is 1.05 bits per heavy atom. The average molecular weight is 362 g/mol. The van der Waals surface area contributed by atoms with Crippen LogP contribution in [0.25, 0.3) is 0 Å². The van der Waals surface area contributed by atoms with Gasteiger partial charge in [-0.25, -0.2) is 13.1 Å². The van der Waals surface area contributed by atoms with E-state index in [9.17, 15) is 39.2 Å². The molecule has 4 nitrogen and oxygen atoms in total. The highest BCUT2D eigenvalue weighted by atomic mass is 32.2. The van der Waals surface area contributed by atoms with Gasteiger partial charge in [0.2, 0.25) is 0 Å². The Morgan fingerprint density at radius 3 is 1.86 bits per heavy atom. The smallest absolute Gasteiger partial charge is 0.309 e. The second-order valence-corrected chi connectivity index (χ2v) is 6.77. The second-order valence-electron chi connectivity index (χ2n) is 4.96. The number of hydrogen-bond acceptors (Lipinski definition) is 3. The third-order valence-electron chi connectivity index (χ3n) is 2.83. The topological polar surface area (TPSA) is 49.4 Å². The lowest BCUT2D eigenvalue weighted by molar-refractivity contribution is -0.277. The summed E-state index contributed by atoms with van der Waals surface area (Å²) in [5.74, 6) is -9.63. The minimum atomic E-state index is -5.97. The van der Waals surface area contributed by atoms with Gasteiger partial charge in [-0.2, -0.15) is 30.7 Å². The molecule has 0 aromatic heterocycles. The van der Waals surface area contributed by atoms with E-state index in [-0.39, 0.29) is 19.9 Å².